The molecule has 0 saturated heterocycles. The third-order valence-corrected chi connectivity index (χ3v) is 4.97. The summed E-state index contributed by atoms with van der Waals surface area (Å²) in [4.78, 5) is 0. The van der Waals surface area contributed by atoms with Gasteiger partial charge >= 0.3 is 0 Å². The molecule has 0 radical (unpaired) electrons. The van der Waals surface area contributed by atoms with Crippen LogP contribution in [0.2, 0.25) is 0 Å². The molecule has 0 fully saturated rings. The van der Waals surface area contributed by atoms with E-state index >= 15 is 0 Å². The van der Waals surface area contributed by atoms with Crippen LogP contribution in [-0.2, 0) is 19.7 Å². The zero-order chi connectivity index (χ0) is 17.2. The molecule has 126 valence electrons. The van der Waals surface area contributed by atoms with Gasteiger partial charge < -0.3 is 4.74 Å². The molecule has 0 aromatic heterocycles. The van der Waals surface area contributed by atoms with Crippen molar-refractivity contribution in [1.29, 1.82) is 0 Å². The molecule has 0 heterocycles. The maximum Gasteiger partial charge on any atom is 0.264 e. The van der Waals surface area contributed by atoms with Crippen LogP contribution in [0.15, 0.2) is 66.7 Å². The molecule has 0 saturated carbocycles. The lowest BCUT2D eigenvalue weighted by atomic mass is 9.71. The Morgan fingerprint density at radius 1 is 1.00 bits per heavy atom. The first-order valence-corrected chi connectivity index (χ1v) is 9.52. The summed E-state index contributed by atoms with van der Waals surface area (Å²) in [5.74, 6) is 0.758. The molecule has 2 aromatic rings. The standard InChI is InChI=1S/C19H20O4S/c1-22-17-12-10-16(11-13-17)19(15-7-4-3-5-8-15)14-6-9-18(19)23-24(2,20)21/h3-13,18H,14H2,1-2H3. The SMILES string of the molecule is COc1ccc(C2(c3ccccc3)CC=CC2OS(C)(=O)=O)cc1. The minimum absolute atomic E-state index is 0.573. The number of hydrogen-bond donors (Lipinski definition) is 0. The quantitative estimate of drug-likeness (QED) is 0.617. The smallest absolute Gasteiger partial charge is 0.264 e. The number of allylic oxidation sites excluding steroid dienone is 1. The second kappa shape index (κ2) is 6.42. The number of rotatable bonds is 5. The van der Waals surface area contributed by atoms with Crippen LogP contribution < -0.4 is 4.74 Å². The summed E-state index contributed by atoms with van der Waals surface area (Å²) in [6.07, 6.45) is 4.99. The van der Waals surface area contributed by atoms with Crippen molar-refractivity contribution in [2.24, 2.45) is 0 Å². The van der Waals surface area contributed by atoms with Crippen LogP contribution in [0.5, 0.6) is 5.75 Å². The van der Waals surface area contributed by atoms with Crippen LogP contribution in [0.4, 0.5) is 0 Å². The van der Waals surface area contributed by atoms with E-state index in [0.717, 1.165) is 23.1 Å². The van der Waals surface area contributed by atoms with Crippen molar-refractivity contribution < 1.29 is 17.3 Å². The molecule has 0 aliphatic heterocycles. The van der Waals surface area contributed by atoms with E-state index in [-0.39, 0.29) is 0 Å². The Morgan fingerprint density at radius 2 is 1.62 bits per heavy atom. The molecule has 0 amide bonds. The molecular weight excluding hydrogens is 324 g/mol. The lowest BCUT2D eigenvalue weighted by molar-refractivity contribution is 0.192. The largest absolute Gasteiger partial charge is 0.497 e. The molecule has 2 aromatic carbocycles. The van der Waals surface area contributed by atoms with E-state index in [1.165, 1.54) is 0 Å². The number of methoxy groups -OCH3 is 1. The molecule has 0 spiro atoms. The third-order valence-electron chi connectivity index (χ3n) is 4.41. The predicted molar refractivity (Wildman–Crippen MR) is 93.7 cm³/mol. The highest BCUT2D eigenvalue weighted by atomic mass is 32.2. The van der Waals surface area contributed by atoms with Crippen molar-refractivity contribution >= 4 is 10.1 Å². The molecule has 2 unspecified atom stereocenters. The highest BCUT2D eigenvalue weighted by Crippen LogP contribution is 2.45. The normalized spacial score (nSPS) is 23.3. The minimum Gasteiger partial charge on any atom is -0.497 e. The monoisotopic (exact) mass is 344 g/mol. The predicted octanol–water partition coefficient (Wildman–Crippen LogP) is 3.29. The van der Waals surface area contributed by atoms with Gasteiger partial charge in [0.1, 0.15) is 11.9 Å². The van der Waals surface area contributed by atoms with Gasteiger partial charge in [-0.05, 0) is 29.7 Å². The minimum atomic E-state index is -3.58. The van der Waals surface area contributed by atoms with Crippen LogP contribution in [-0.4, -0.2) is 27.9 Å². The summed E-state index contributed by atoms with van der Waals surface area (Å²) in [5, 5.41) is 0. The van der Waals surface area contributed by atoms with Crippen molar-refractivity contribution in [2.45, 2.75) is 17.9 Å². The fourth-order valence-corrected chi connectivity index (χ4v) is 3.92. The fraction of sp³-hybridized carbons (Fsp3) is 0.263. The van der Waals surface area contributed by atoms with E-state index in [4.69, 9.17) is 8.92 Å². The van der Waals surface area contributed by atoms with Gasteiger partial charge in [-0.15, -0.1) is 0 Å². The van der Waals surface area contributed by atoms with Gasteiger partial charge in [0.15, 0.2) is 0 Å². The van der Waals surface area contributed by atoms with Gasteiger partial charge in [-0.2, -0.15) is 8.42 Å². The Hall–Kier alpha value is -2.11. The highest BCUT2D eigenvalue weighted by Gasteiger charge is 2.45. The van der Waals surface area contributed by atoms with Crippen molar-refractivity contribution in [2.75, 3.05) is 13.4 Å². The van der Waals surface area contributed by atoms with Crippen molar-refractivity contribution in [3.63, 3.8) is 0 Å². The average Bonchev–Trinajstić information content (AvgIpc) is 2.98. The topological polar surface area (TPSA) is 52.6 Å². The maximum absolute atomic E-state index is 11.8. The van der Waals surface area contributed by atoms with Gasteiger partial charge in [0.05, 0.1) is 18.8 Å². The van der Waals surface area contributed by atoms with Crippen LogP contribution in [0.3, 0.4) is 0 Å². The fourth-order valence-electron chi connectivity index (χ4n) is 3.32. The Balaban J connectivity index is 2.14. The van der Waals surface area contributed by atoms with Gasteiger partial charge in [0.2, 0.25) is 0 Å². The first-order chi connectivity index (χ1) is 11.5. The van der Waals surface area contributed by atoms with E-state index in [1.54, 1.807) is 7.11 Å². The second-order valence-corrected chi connectivity index (χ2v) is 7.52. The summed E-state index contributed by atoms with van der Waals surface area (Å²) in [6, 6.07) is 17.6. The Kier molecular flexibility index (Phi) is 4.47. The second-order valence-electron chi connectivity index (χ2n) is 5.92. The van der Waals surface area contributed by atoms with Gasteiger partial charge in [-0.3, -0.25) is 4.18 Å². The lowest BCUT2D eigenvalue weighted by Crippen LogP contribution is -2.39. The zero-order valence-electron chi connectivity index (χ0n) is 13.7. The van der Waals surface area contributed by atoms with Crippen LogP contribution in [0.1, 0.15) is 17.5 Å². The molecule has 5 heteroatoms. The highest BCUT2D eigenvalue weighted by molar-refractivity contribution is 7.86. The van der Waals surface area contributed by atoms with Gasteiger partial charge in [0.25, 0.3) is 10.1 Å². The van der Waals surface area contributed by atoms with E-state index in [2.05, 4.69) is 0 Å². The molecule has 0 bridgehead atoms. The van der Waals surface area contributed by atoms with Gasteiger partial charge in [-0.1, -0.05) is 54.6 Å². The number of ether oxygens (including phenoxy) is 1. The summed E-state index contributed by atoms with van der Waals surface area (Å²) >= 11 is 0. The Labute approximate surface area is 142 Å². The maximum atomic E-state index is 11.8. The molecule has 1 aliphatic carbocycles. The summed E-state index contributed by atoms with van der Waals surface area (Å²) < 4.78 is 34.2. The van der Waals surface area contributed by atoms with Gasteiger partial charge in [0, 0.05) is 0 Å². The van der Waals surface area contributed by atoms with E-state index in [1.807, 2.05) is 66.7 Å². The van der Waals surface area contributed by atoms with Crippen LogP contribution in [0, 0.1) is 0 Å². The Morgan fingerprint density at radius 3 is 2.21 bits per heavy atom. The van der Waals surface area contributed by atoms with E-state index in [0.29, 0.717) is 6.42 Å². The number of hydrogen-bond acceptors (Lipinski definition) is 4. The summed E-state index contributed by atoms with van der Waals surface area (Å²) in [5.41, 5.74) is 1.44. The molecule has 3 rings (SSSR count). The molecule has 1 aliphatic rings. The molecular formula is C19H20O4S. The van der Waals surface area contributed by atoms with Crippen molar-refractivity contribution in [3.8, 4) is 5.75 Å². The average molecular weight is 344 g/mol. The zero-order valence-corrected chi connectivity index (χ0v) is 14.5. The van der Waals surface area contributed by atoms with Crippen LogP contribution in [0.25, 0.3) is 0 Å². The summed E-state index contributed by atoms with van der Waals surface area (Å²) in [6.45, 7) is 0. The van der Waals surface area contributed by atoms with Gasteiger partial charge in [-0.25, -0.2) is 0 Å². The van der Waals surface area contributed by atoms with E-state index in [9.17, 15) is 8.42 Å². The molecule has 2 atom stereocenters. The molecule has 24 heavy (non-hydrogen) atoms. The van der Waals surface area contributed by atoms with Crippen LogP contribution >= 0.6 is 0 Å². The van der Waals surface area contributed by atoms with Crippen molar-refractivity contribution in [1.82, 2.24) is 0 Å². The molecule has 0 N–H and O–H groups in total. The van der Waals surface area contributed by atoms with Crippen molar-refractivity contribution in [3.05, 3.63) is 77.9 Å². The lowest BCUT2D eigenvalue weighted by Gasteiger charge is -2.36. The first kappa shape index (κ1) is 16.7. The number of benzene rings is 2. The first-order valence-electron chi connectivity index (χ1n) is 7.71. The van der Waals surface area contributed by atoms with E-state index < -0.39 is 21.6 Å². The molecule has 4 nitrogen and oxygen atoms in total. The third kappa shape index (κ3) is 3.09. The summed E-state index contributed by atoms with van der Waals surface area (Å²) in [7, 11) is -1.96. The Bertz CT molecular complexity index is 825.